The van der Waals surface area contributed by atoms with Gasteiger partial charge in [0.1, 0.15) is 0 Å². The molecule has 0 aliphatic heterocycles. The molecular weight excluding hydrogens is 260 g/mol. The van der Waals surface area contributed by atoms with Crippen molar-refractivity contribution in [1.29, 1.82) is 0 Å². The predicted molar refractivity (Wildman–Crippen MR) is 81.0 cm³/mol. The molecule has 18 heavy (non-hydrogen) atoms. The quantitative estimate of drug-likeness (QED) is 0.327. The van der Waals surface area contributed by atoms with Crippen LogP contribution in [-0.2, 0) is 9.16 Å². The van der Waals surface area contributed by atoms with Crippen molar-refractivity contribution in [1.82, 2.24) is 0 Å². The van der Waals surface area contributed by atoms with Crippen molar-refractivity contribution in [2.75, 3.05) is 7.11 Å². The summed E-state index contributed by atoms with van der Waals surface area (Å²) < 4.78 is 11.0. The Balaban J connectivity index is 2.66. The van der Waals surface area contributed by atoms with E-state index in [2.05, 4.69) is 38.4 Å². The molecule has 0 amide bonds. The molecule has 0 fully saturated rings. The van der Waals surface area contributed by atoms with Crippen LogP contribution in [0.3, 0.4) is 0 Å². The van der Waals surface area contributed by atoms with E-state index >= 15 is 0 Å². The first kappa shape index (κ1) is 14.9. The fourth-order valence-electron chi connectivity index (χ4n) is 1.23. The molecule has 0 atom stereocenters. The fourth-order valence-corrected chi connectivity index (χ4v) is 2.73. The van der Waals surface area contributed by atoms with Crippen molar-refractivity contribution >= 4 is 20.1 Å². The summed E-state index contributed by atoms with van der Waals surface area (Å²) in [5.41, 5.74) is 0. The first-order valence-corrected chi connectivity index (χ1v) is 10.00. The maximum Gasteiger partial charge on any atom is 0.266 e. The summed E-state index contributed by atoms with van der Waals surface area (Å²) in [4.78, 5) is 2.05. The second kappa shape index (κ2) is 6.71. The molecule has 1 aromatic rings. The molecule has 4 heteroatoms. The van der Waals surface area contributed by atoms with Gasteiger partial charge in [-0.3, -0.25) is 0 Å². The van der Waals surface area contributed by atoms with E-state index in [-0.39, 0.29) is 0 Å². The van der Waals surface area contributed by atoms with Crippen LogP contribution >= 0.6 is 11.8 Å². The molecule has 0 heterocycles. The molecule has 0 aliphatic rings. The van der Waals surface area contributed by atoms with Gasteiger partial charge >= 0.3 is 0 Å². The number of thioether (sulfide) groups is 1. The topological polar surface area (TPSA) is 18.5 Å². The number of ether oxygens (including phenoxy) is 1. The monoisotopic (exact) mass is 280 g/mol. The highest BCUT2D eigenvalue weighted by molar-refractivity contribution is 8.03. The van der Waals surface area contributed by atoms with Gasteiger partial charge in [0.15, 0.2) is 0 Å². The second-order valence-corrected chi connectivity index (χ2v) is 10.4. The third-order valence-electron chi connectivity index (χ3n) is 1.88. The van der Waals surface area contributed by atoms with E-state index in [4.69, 9.17) is 9.16 Å². The lowest BCUT2D eigenvalue weighted by atomic mass is 10.4. The van der Waals surface area contributed by atoms with E-state index in [0.29, 0.717) is 5.95 Å². The lowest BCUT2D eigenvalue weighted by molar-refractivity contribution is 0.147. The molecule has 0 unspecified atom stereocenters. The normalized spacial score (nSPS) is 12.1. The van der Waals surface area contributed by atoms with Crippen LogP contribution in [-0.4, -0.2) is 15.4 Å². The van der Waals surface area contributed by atoms with Crippen LogP contribution in [0, 0.1) is 0 Å². The summed E-state index contributed by atoms with van der Waals surface area (Å²) in [6, 6.07) is 10.1. The van der Waals surface area contributed by atoms with Gasteiger partial charge in [0, 0.05) is 15.9 Å². The number of hydrogen-bond donors (Lipinski definition) is 0. The number of rotatable bonds is 6. The van der Waals surface area contributed by atoms with E-state index < -0.39 is 8.32 Å². The molecule has 0 saturated carbocycles. The minimum Gasteiger partial charge on any atom is -0.520 e. The Labute approximate surface area is 115 Å². The van der Waals surface area contributed by atoms with Gasteiger partial charge in [0.2, 0.25) is 8.32 Å². The summed E-state index contributed by atoms with van der Waals surface area (Å²) in [6.45, 7) is 10.4. The minimum atomic E-state index is -1.64. The summed E-state index contributed by atoms with van der Waals surface area (Å²) in [5, 5.41) is 0. The van der Waals surface area contributed by atoms with Gasteiger partial charge in [-0.1, -0.05) is 36.5 Å². The van der Waals surface area contributed by atoms with Crippen LogP contribution in [0.4, 0.5) is 0 Å². The maximum atomic E-state index is 5.80. The summed E-state index contributed by atoms with van der Waals surface area (Å²) in [7, 11) is -0.0263. The average Bonchev–Trinajstić information content (AvgIpc) is 2.27. The minimum absolute atomic E-state index is 0.544. The summed E-state index contributed by atoms with van der Waals surface area (Å²) in [5.74, 6) is 0.544. The van der Waals surface area contributed by atoms with Crippen molar-refractivity contribution in [3.05, 3.63) is 53.8 Å². The van der Waals surface area contributed by atoms with Gasteiger partial charge in [0.25, 0.3) is 5.95 Å². The highest BCUT2D eigenvalue weighted by Crippen LogP contribution is 2.27. The zero-order chi connectivity index (χ0) is 13.6. The smallest absolute Gasteiger partial charge is 0.266 e. The van der Waals surface area contributed by atoms with Crippen LogP contribution < -0.4 is 0 Å². The van der Waals surface area contributed by atoms with Crippen molar-refractivity contribution in [2.45, 2.75) is 24.5 Å². The standard InChI is InChI=1S/C14H20O2SSi/c1-12(17-13-9-7-6-8-10-13)11-14(15-2)16-18(3,4)5/h6-11H,1H2,2-5H3/b14-11+. The van der Waals surface area contributed by atoms with E-state index in [0.717, 1.165) is 9.80 Å². The molecular formula is C14H20O2SSi. The fraction of sp³-hybridized carbons (Fsp3) is 0.286. The lowest BCUT2D eigenvalue weighted by Crippen LogP contribution is -2.25. The maximum absolute atomic E-state index is 5.80. The Hall–Kier alpha value is -1.13. The van der Waals surface area contributed by atoms with E-state index in [1.165, 1.54) is 0 Å². The molecule has 1 aromatic carbocycles. The van der Waals surface area contributed by atoms with E-state index in [1.54, 1.807) is 18.9 Å². The zero-order valence-corrected chi connectivity index (χ0v) is 13.2. The van der Waals surface area contributed by atoms with Crippen molar-refractivity contribution < 1.29 is 9.16 Å². The third-order valence-corrected chi connectivity index (χ3v) is 3.58. The van der Waals surface area contributed by atoms with Gasteiger partial charge < -0.3 is 9.16 Å². The third kappa shape index (κ3) is 5.98. The Bertz CT molecular complexity index is 421. The summed E-state index contributed by atoms with van der Waals surface area (Å²) in [6.07, 6.45) is 1.84. The second-order valence-electron chi connectivity index (χ2n) is 4.76. The largest absolute Gasteiger partial charge is 0.520 e. The molecule has 1 rings (SSSR count). The molecule has 0 aromatic heterocycles. The van der Waals surface area contributed by atoms with Gasteiger partial charge in [0.05, 0.1) is 7.11 Å². The van der Waals surface area contributed by atoms with E-state index in [9.17, 15) is 0 Å². The molecule has 0 radical (unpaired) electrons. The predicted octanol–water partition coefficient (Wildman–Crippen LogP) is 4.63. The molecule has 0 N–H and O–H groups in total. The van der Waals surface area contributed by atoms with Gasteiger partial charge in [-0.15, -0.1) is 0 Å². The van der Waals surface area contributed by atoms with Crippen molar-refractivity contribution in [3.63, 3.8) is 0 Å². The Morgan fingerprint density at radius 3 is 2.33 bits per heavy atom. The molecule has 2 nitrogen and oxygen atoms in total. The molecule has 0 bridgehead atoms. The highest BCUT2D eigenvalue weighted by Gasteiger charge is 2.18. The van der Waals surface area contributed by atoms with Crippen LogP contribution in [0.2, 0.25) is 19.6 Å². The first-order valence-electron chi connectivity index (χ1n) is 5.77. The number of benzene rings is 1. The molecule has 98 valence electrons. The molecule has 0 aliphatic carbocycles. The number of hydrogen-bond acceptors (Lipinski definition) is 3. The Morgan fingerprint density at radius 2 is 1.83 bits per heavy atom. The summed E-state index contributed by atoms with van der Waals surface area (Å²) >= 11 is 1.60. The Kier molecular flexibility index (Phi) is 5.56. The lowest BCUT2D eigenvalue weighted by Gasteiger charge is -2.20. The molecule has 0 spiro atoms. The first-order chi connectivity index (χ1) is 8.40. The van der Waals surface area contributed by atoms with Crippen LogP contribution in [0.25, 0.3) is 0 Å². The SMILES string of the molecule is C=C(/C=C(\OC)O[Si](C)(C)C)Sc1ccccc1. The van der Waals surface area contributed by atoms with Crippen LogP contribution in [0.5, 0.6) is 0 Å². The van der Waals surface area contributed by atoms with E-state index in [1.807, 2.05) is 24.3 Å². The van der Waals surface area contributed by atoms with Gasteiger partial charge in [-0.25, -0.2) is 0 Å². The number of allylic oxidation sites excluding steroid dienone is 1. The molecule has 0 saturated heterocycles. The average molecular weight is 280 g/mol. The zero-order valence-electron chi connectivity index (χ0n) is 11.4. The highest BCUT2D eigenvalue weighted by atomic mass is 32.2. The van der Waals surface area contributed by atoms with Crippen molar-refractivity contribution in [3.8, 4) is 0 Å². The van der Waals surface area contributed by atoms with Gasteiger partial charge in [-0.2, -0.15) is 0 Å². The van der Waals surface area contributed by atoms with Crippen LogP contribution in [0.1, 0.15) is 0 Å². The van der Waals surface area contributed by atoms with Crippen molar-refractivity contribution in [2.24, 2.45) is 0 Å². The number of methoxy groups -OCH3 is 1. The van der Waals surface area contributed by atoms with Gasteiger partial charge in [-0.05, 0) is 31.8 Å². The Morgan fingerprint density at radius 1 is 1.22 bits per heavy atom. The van der Waals surface area contributed by atoms with Crippen LogP contribution in [0.15, 0.2) is 58.7 Å².